The molecule has 1 saturated heterocycles. The van der Waals surface area contributed by atoms with Crippen LogP contribution in [0.1, 0.15) is 31.4 Å². The number of rotatable bonds is 3. The van der Waals surface area contributed by atoms with Gasteiger partial charge in [0.2, 0.25) is 0 Å². The van der Waals surface area contributed by atoms with Gasteiger partial charge in [0.15, 0.2) is 0 Å². The number of nitrogens with one attached hydrogen (secondary N) is 3. The molecule has 1 aliphatic heterocycles. The third-order valence-electron chi connectivity index (χ3n) is 4.86. The Balaban J connectivity index is 1.92. The lowest BCUT2D eigenvalue weighted by atomic mass is 9.94. The van der Waals surface area contributed by atoms with Crippen LogP contribution in [-0.2, 0) is 4.79 Å². The Kier molecular flexibility index (Phi) is 4.21. The largest absolute Gasteiger partial charge is 0.384 e. The van der Waals surface area contributed by atoms with Crippen LogP contribution in [0.3, 0.4) is 0 Å². The third-order valence-corrected chi connectivity index (χ3v) is 4.86. The van der Waals surface area contributed by atoms with Gasteiger partial charge in [0.25, 0.3) is 11.5 Å². The maximum absolute atomic E-state index is 12.3. The molecule has 0 bridgehead atoms. The number of carbonyl (C=O) groups is 1. The number of amides is 1. The number of hydrogen-bond donors (Lipinski definition) is 4. The second kappa shape index (κ2) is 6.54. The predicted octanol–water partition coefficient (Wildman–Crippen LogP) is 0.962. The Bertz CT molecular complexity index is 1030. The smallest absolute Gasteiger partial charge is 0.252 e. The van der Waals surface area contributed by atoms with Crippen molar-refractivity contribution < 1.29 is 9.90 Å². The highest BCUT2D eigenvalue weighted by atomic mass is 16.3. The Morgan fingerprint density at radius 3 is 2.88 bits per heavy atom. The average Bonchev–Trinajstić information content (AvgIpc) is 3.01. The molecule has 1 aliphatic rings. The zero-order valence-corrected chi connectivity index (χ0v) is 14.5. The molecule has 4 rings (SSSR count). The summed E-state index contributed by atoms with van der Waals surface area (Å²) in [6.45, 7) is 3.23. The van der Waals surface area contributed by atoms with E-state index in [4.69, 9.17) is 0 Å². The van der Waals surface area contributed by atoms with Crippen molar-refractivity contribution in [3.05, 3.63) is 40.3 Å². The maximum atomic E-state index is 12.3. The molecule has 136 valence electrons. The molecule has 1 aromatic carbocycles. The molecule has 2 aromatic heterocycles. The van der Waals surface area contributed by atoms with Crippen LogP contribution in [0.15, 0.2) is 29.1 Å². The number of aromatic nitrogens is 3. The second-order valence-electron chi connectivity index (χ2n) is 6.71. The number of hydrogen-bond acceptors (Lipinski definition) is 5. The van der Waals surface area contributed by atoms with Crippen LogP contribution in [-0.4, -0.2) is 44.8 Å². The summed E-state index contributed by atoms with van der Waals surface area (Å²) in [5, 5.41) is 20.8. The van der Waals surface area contributed by atoms with Crippen LogP contribution in [0, 0.1) is 0 Å². The maximum Gasteiger partial charge on any atom is 0.252 e. The van der Waals surface area contributed by atoms with E-state index in [1.54, 1.807) is 22.7 Å². The van der Waals surface area contributed by atoms with Gasteiger partial charge < -0.3 is 20.7 Å². The molecule has 8 nitrogen and oxygen atoms in total. The van der Waals surface area contributed by atoms with Gasteiger partial charge in [-0.25, -0.2) is 4.52 Å². The van der Waals surface area contributed by atoms with Crippen molar-refractivity contribution in [3.63, 3.8) is 0 Å². The molecule has 26 heavy (non-hydrogen) atoms. The first-order valence-electron chi connectivity index (χ1n) is 8.79. The molecule has 4 N–H and O–H groups in total. The minimum atomic E-state index is -1.13. The summed E-state index contributed by atoms with van der Waals surface area (Å²) in [7, 11) is 0. The van der Waals surface area contributed by atoms with Crippen molar-refractivity contribution in [2.75, 3.05) is 18.4 Å². The summed E-state index contributed by atoms with van der Waals surface area (Å²) in [5.74, 6) is -0.250. The SMILES string of the molecule is CC(O)C(=O)Nc1cccc2nn3c(C4CCNCC4)cc(=O)[nH]c3c12. The van der Waals surface area contributed by atoms with Gasteiger partial charge in [-0.05, 0) is 45.0 Å². The van der Waals surface area contributed by atoms with Crippen molar-refractivity contribution in [1.82, 2.24) is 19.9 Å². The van der Waals surface area contributed by atoms with E-state index < -0.39 is 12.0 Å². The summed E-state index contributed by atoms with van der Waals surface area (Å²) in [6.07, 6.45) is 0.761. The zero-order chi connectivity index (χ0) is 18.3. The van der Waals surface area contributed by atoms with Crippen molar-refractivity contribution in [2.24, 2.45) is 0 Å². The zero-order valence-electron chi connectivity index (χ0n) is 14.5. The van der Waals surface area contributed by atoms with Crippen LogP contribution in [0.25, 0.3) is 16.6 Å². The lowest BCUT2D eigenvalue weighted by molar-refractivity contribution is -0.123. The van der Waals surface area contributed by atoms with Crippen LogP contribution in [0.5, 0.6) is 0 Å². The number of piperidine rings is 1. The number of aliphatic hydroxyl groups excluding tert-OH is 1. The third kappa shape index (κ3) is 2.87. The minimum absolute atomic E-state index is 0.190. The summed E-state index contributed by atoms with van der Waals surface area (Å²) in [4.78, 5) is 27.1. The van der Waals surface area contributed by atoms with E-state index in [2.05, 4.69) is 20.7 Å². The van der Waals surface area contributed by atoms with Crippen LogP contribution in [0.4, 0.5) is 5.69 Å². The first-order valence-corrected chi connectivity index (χ1v) is 8.79. The molecular weight excluding hydrogens is 334 g/mol. The van der Waals surface area contributed by atoms with Crippen LogP contribution >= 0.6 is 0 Å². The molecule has 0 saturated carbocycles. The van der Waals surface area contributed by atoms with Gasteiger partial charge in [0, 0.05) is 12.0 Å². The number of nitrogens with zero attached hydrogens (tertiary/aromatic N) is 2. The summed E-state index contributed by atoms with van der Waals surface area (Å²) >= 11 is 0. The molecule has 8 heteroatoms. The Hall–Kier alpha value is -2.71. The molecule has 1 fully saturated rings. The van der Waals surface area contributed by atoms with Crippen molar-refractivity contribution in [3.8, 4) is 0 Å². The number of fused-ring (bicyclic) bond motifs is 3. The van der Waals surface area contributed by atoms with E-state index in [0.717, 1.165) is 31.6 Å². The molecule has 1 amide bonds. The minimum Gasteiger partial charge on any atom is -0.384 e. The molecule has 1 atom stereocenters. The Labute approximate surface area is 149 Å². The number of aliphatic hydroxyl groups is 1. The standard InChI is InChI=1S/C18H21N5O3/c1-10(24)18(26)20-12-3-2-4-13-16(12)17-21-15(25)9-14(23(17)22-13)11-5-7-19-8-6-11/h2-4,9-11,19,24H,5-8H2,1H3,(H,20,26)(H,21,25). The van der Waals surface area contributed by atoms with Gasteiger partial charge in [-0.2, -0.15) is 5.10 Å². The lowest BCUT2D eigenvalue weighted by Crippen LogP contribution is -2.28. The fraction of sp³-hybridized carbons (Fsp3) is 0.389. The van der Waals surface area contributed by atoms with Crippen molar-refractivity contribution in [1.29, 1.82) is 0 Å². The summed E-state index contributed by atoms with van der Waals surface area (Å²) in [6, 6.07) is 6.97. The van der Waals surface area contributed by atoms with Gasteiger partial charge in [-0.15, -0.1) is 0 Å². The highest BCUT2D eigenvalue weighted by Gasteiger charge is 2.22. The van der Waals surface area contributed by atoms with Gasteiger partial charge in [-0.1, -0.05) is 6.07 Å². The number of anilines is 1. The van der Waals surface area contributed by atoms with Crippen molar-refractivity contribution >= 4 is 28.1 Å². The predicted molar refractivity (Wildman–Crippen MR) is 98.5 cm³/mol. The fourth-order valence-corrected chi connectivity index (χ4v) is 3.54. The van der Waals surface area contributed by atoms with Crippen LogP contribution in [0.2, 0.25) is 0 Å². The Morgan fingerprint density at radius 2 is 2.15 bits per heavy atom. The topological polar surface area (TPSA) is 112 Å². The molecule has 0 spiro atoms. The Morgan fingerprint density at radius 1 is 1.38 bits per heavy atom. The highest BCUT2D eigenvalue weighted by Crippen LogP contribution is 2.30. The van der Waals surface area contributed by atoms with Crippen LogP contribution < -0.4 is 16.2 Å². The second-order valence-corrected chi connectivity index (χ2v) is 6.71. The molecular formula is C18H21N5O3. The van der Waals surface area contributed by atoms with Gasteiger partial charge in [0.1, 0.15) is 11.8 Å². The van der Waals surface area contributed by atoms with E-state index in [9.17, 15) is 14.7 Å². The fourth-order valence-electron chi connectivity index (χ4n) is 3.54. The normalized spacial score (nSPS) is 16.8. The summed E-state index contributed by atoms with van der Waals surface area (Å²) < 4.78 is 1.78. The first-order chi connectivity index (χ1) is 12.5. The van der Waals surface area contributed by atoms with Crippen molar-refractivity contribution in [2.45, 2.75) is 31.8 Å². The molecule has 3 aromatic rings. The number of benzene rings is 1. The molecule has 3 heterocycles. The highest BCUT2D eigenvalue weighted by molar-refractivity contribution is 6.08. The average molecular weight is 355 g/mol. The lowest BCUT2D eigenvalue weighted by Gasteiger charge is -2.23. The van der Waals surface area contributed by atoms with Gasteiger partial charge >= 0.3 is 0 Å². The van der Waals surface area contributed by atoms with E-state index in [1.807, 2.05) is 6.07 Å². The quantitative estimate of drug-likeness (QED) is 0.559. The summed E-state index contributed by atoms with van der Waals surface area (Å²) in [5.41, 5.74) is 2.44. The first kappa shape index (κ1) is 16.7. The van der Waals surface area contributed by atoms with E-state index >= 15 is 0 Å². The number of aromatic amines is 1. The van der Waals surface area contributed by atoms with Gasteiger partial charge in [-0.3, -0.25) is 9.59 Å². The molecule has 0 aliphatic carbocycles. The van der Waals surface area contributed by atoms with Gasteiger partial charge in [0.05, 0.1) is 22.3 Å². The molecule has 0 radical (unpaired) electrons. The number of carbonyl (C=O) groups excluding carboxylic acids is 1. The van der Waals surface area contributed by atoms with E-state index in [-0.39, 0.29) is 11.5 Å². The monoisotopic (exact) mass is 355 g/mol. The molecule has 1 unspecified atom stereocenters. The van der Waals surface area contributed by atoms with E-state index in [0.29, 0.717) is 22.2 Å². The van der Waals surface area contributed by atoms with E-state index in [1.165, 1.54) is 6.92 Å². The number of H-pyrrole nitrogens is 1.